The minimum atomic E-state index is -0.151. The number of rotatable bonds is 7. The first kappa shape index (κ1) is 15.3. The molecule has 0 unspecified atom stereocenters. The van der Waals surface area contributed by atoms with E-state index in [9.17, 15) is 15.0 Å². The summed E-state index contributed by atoms with van der Waals surface area (Å²) in [4.78, 5) is 11.4. The number of aryl methyl sites for hydroxylation is 1. The summed E-state index contributed by atoms with van der Waals surface area (Å²) < 4.78 is 5.12. The maximum Gasteiger partial charge on any atom is 0.305 e. The molecule has 2 N–H and O–H groups in total. The minimum absolute atomic E-state index is 0.119. The molecule has 19 heavy (non-hydrogen) atoms. The van der Waals surface area contributed by atoms with Crippen LogP contribution in [0.3, 0.4) is 0 Å². The lowest BCUT2D eigenvalue weighted by Gasteiger charge is -2.07. The van der Waals surface area contributed by atoms with Gasteiger partial charge in [-0.1, -0.05) is 19.9 Å². The Morgan fingerprint density at radius 3 is 2.63 bits per heavy atom. The van der Waals surface area contributed by atoms with Crippen LogP contribution in [0.1, 0.15) is 38.7 Å². The second kappa shape index (κ2) is 7.67. The van der Waals surface area contributed by atoms with Gasteiger partial charge in [0.15, 0.2) is 11.5 Å². The van der Waals surface area contributed by atoms with Crippen molar-refractivity contribution in [1.29, 1.82) is 0 Å². The zero-order chi connectivity index (χ0) is 14.3. The molecule has 1 rings (SSSR count). The summed E-state index contributed by atoms with van der Waals surface area (Å²) in [5.41, 5.74) is 0.911. The van der Waals surface area contributed by atoms with Crippen LogP contribution < -0.4 is 0 Å². The molecule has 0 amide bonds. The number of phenols is 2. The van der Waals surface area contributed by atoms with Gasteiger partial charge in [0.25, 0.3) is 0 Å². The maximum atomic E-state index is 11.4. The highest BCUT2D eigenvalue weighted by molar-refractivity contribution is 5.69. The van der Waals surface area contributed by atoms with Crippen LogP contribution in [0, 0.1) is 5.92 Å². The van der Waals surface area contributed by atoms with Gasteiger partial charge in [-0.15, -0.1) is 0 Å². The highest BCUT2D eigenvalue weighted by Crippen LogP contribution is 2.25. The SMILES string of the molecule is CC(C)CCC(=O)OCCCc1ccc(O)c(O)c1. The number of hydrogen-bond acceptors (Lipinski definition) is 4. The third-order valence-corrected chi connectivity index (χ3v) is 2.84. The van der Waals surface area contributed by atoms with Crippen LogP contribution in [0.15, 0.2) is 18.2 Å². The summed E-state index contributed by atoms with van der Waals surface area (Å²) in [5, 5.41) is 18.5. The average molecular weight is 266 g/mol. The number of benzene rings is 1. The molecular formula is C15H22O4. The van der Waals surface area contributed by atoms with Crippen LogP contribution in [0.2, 0.25) is 0 Å². The van der Waals surface area contributed by atoms with Crippen molar-refractivity contribution in [3.8, 4) is 11.5 Å². The van der Waals surface area contributed by atoms with Gasteiger partial charge in [-0.3, -0.25) is 4.79 Å². The molecule has 4 heteroatoms. The molecule has 0 fully saturated rings. The van der Waals surface area contributed by atoms with Gasteiger partial charge in [0.1, 0.15) is 0 Å². The van der Waals surface area contributed by atoms with Crippen molar-refractivity contribution >= 4 is 5.97 Å². The van der Waals surface area contributed by atoms with Gasteiger partial charge in [0.05, 0.1) is 6.61 Å². The standard InChI is InChI=1S/C15H22O4/c1-11(2)5-8-15(18)19-9-3-4-12-6-7-13(16)14(17)10-12/h6-7,10-11,16-17H,3-5,8-9H2,1-2H3. The van der Waals surface area contributed by atoms with Crippen LogP contribution in [-0.4, -0.2) is 22.8 Å². The molecule has 0 heterocycles. The first-order valence-corrected chi connectivity index (χ1v) is 6.65. The Balaban J connectivity index is 2.20. The molecule has 0 bridgehead atoms. The van der Waals surface area contributed by atoms with Crippen LogP contribution in [0.25, 0.3) is 0 Å². The van der Waals surface area contributed by atoms with E-state index < -0.39 is 0 Å². The summed E-state index contributed by atoms with van der Waals surface area (Å²) >= 11 is 0. The molecule has 0 radical (unpaired) electrons. The third kappa shape index (κ3) is 6.13. The molecule has 0 aliphatic heterocycles. The average Bonchev–Trinajstić information content (AvgIpc) is 2.36. The fraction of sp³-hybridized carbons (Fsp3) is 0.533. The molecule has 1 aromatic carbocycles. The Hall–Kier alpha value is -1.71. The fourth-order valence-corrected chi connectivity index (χ4v) is 1.67. The summed E-state index contributed by atoms with van der Waals surface area (Å²) in [6.45, 7) is 4.54. The summed E-state index contributed by atoms with van der Waals surface area (Å²) in [6.07, 6.45) is 2.73. The van der Waals surface area contributed by atoms with Crippen molar-refractivity contribution in [1.82, 2.24) is 0 Å². The van der Waals surface area contributed by atoms with Crippen LogP contribution in [0.4, 0.5) is 0 Å². The first-order chi connectivity index (χ1) is 8.99. The van der Waals surface area contributed by atoms with Crippen LogP contribution >= 0.6 is 0 Å². The van der Waals surface area contributed by atoms with Crippen molar-refractivity contribution < 1.29 is 19.7 Å². The van der Waals surface area contributed by atoms with E-state index >= 15 is 0 Å². The summed E-state index contributed by atoms with van der Waals surface area (Å²) in [5.74, 6) is 0.116. The molecular weight excluding hydrogens is 244 g/mol. The number of esters is 1. The number of carbonyl (C=O) groups is 1. The van der Waals surface area contributed by atoms with E-state index in [1.807, 2.05) is 0 Å². The monoisotopic (exact) mass is 266 g/mol. The Morgan fingerprint density at radius 1 is 1.26 bits per heavy atom. The smallest absolute Gasteiger partial charge is 0.305 e. The van der Waals surface area contributed by atoms with Gasteiger partial charge < -0.3 is 14.9 Å². The van der Waals surface area contributed by atoms with Gasteiger partial charge in [0, 0.05) is 6.42 Å². The van der Waals surface area contributed by atoms with E-state index in [1.165, 1.54) is 12.1 Å². The van der Waals surface area contributed by atoms with Crippen molar-refractivity contribution in [3.63, 3.8) is 0 Å². The van der Waals surface area contributed by atoms with Crippen LogP contribution in [-0.2, 0) is 16.0 Å². The lowest BCUT2D eigenvalue weighted by molar-refractivity contribution is -0.144. The fourth-order valence-electron chi connectivity index (χ4n) is 1.67. The molecule has 106 valence electrons. The van der Waals surface area contributed by atoms with E-state index in [0.717, 1.165) is 12.0 Å². The van der Waals surface area contributed by atoms with Crippen molar-refractivity contribution in [3.05, 3.63) is 23.8 Å². The van der Waals surface area contributed by atoms with Crippen molar-refractivity contribution in [2.24, 2.45) is 5.92 Å². The molecule has 0 aliphatic rings. The molecule has 0 atom stereocenters. The Morgan fingerprint density at radius 2 is 2.00 bits per heavy atom. The molecule has 0 aliphatic carbocycles. The van der Waals surface area contributed by atoms with E-state index in [2.05, 4.69) is 13.8 Å². The Kier molecular flexibility index (Phi) is 6.19. The topological polar surface area (TPSA) is 66.8 Å². The van der Waals surface area contributed by atoms with Gasteiger partial charge >= 0.3 is 5.97 Å². The number of carbonyl (C=O) groups excluding carboxylic acids is 1. The molecule has 0 saturated carbocycles. The quantitative estimate of drug-likeness (QED) is 0.452. The first-order valence-electron chi connectivity index (χ1n) is 6.65. The molecule has 0 saturated heterocycles. The molecule has 0 spiro atoms. The van der Waals surface area contributed by atoms with Crippen molar-refractivity contribution in [2.45, 2.75) is 39.5 Å². The number of phenolic OH excluding ortho intramolecular Hbond substituents is 2. The lowest BCUT2D eigenvalue weighted by Crippen LogP contribution is -2.07. The zero-order valence-corrected chi connectivity index (χ0v) is 11.6. The largest absolute Gasteiger partial charge is 0.504 e. The van der Waals surface area contributed by atoms with Gasteiger partial charge in [-0.25, -0.2) is 0 Å². The highest BCUT2D eigenvalue weighted by atomic mass is 16.5. The number of aromatic hydroxyl groups is 2. The number of hydrogen-bond donors (Lipinski definition) is 2. The predicted octanol–water partition coefficient (Wildman–Crippen LogP) is 3.01. The summed E-state index contributed by atoms with van der Waals surface area (Å²) in [6, 6.07) is 4.73. The second-order valence-electron chi connectivity index (χ2n) is 5.08. The normalized spacial score (nSPS) is 10.7. The Labute approximate surface area is 114 Å². The van der Waals surface area contributed by atoms with E-state index in [4.69, 9.17) is 4.74 Å². The zero-order valence-electron chi connectivity index (χ0n) is 11.6. The lowest BCUT2D eigenvalue weighted by atomic mass is 10.1. The van der Waals surface area contributed by atoms with Gasteiger partial charge in [0.2, 0.25) is 0 Å². The Bertz CT molecular complexity index is 413. The molecule has 1 aromatic rings. The second-order valence-corrected chi connectivity index (χ2v) is 5.08. The highest BCUT2D eigenvalue weighted by Gasteiger charge is 2.05. The predicted molar refractivity (Wildman–Crippen MR) is 73.1 cm³/mol. The third-order valence-electron chi connectivity index (χ3n) is 2.84. The van der Waals surface area contributed by atoms with E-state index in [0.29, 0.717) is 31.8 Å². The maximum absolute atomic E-state index is 11.4. The van der Waals surface area contributed by atoms with E-state index in [-0.39, 0.29) is 17.5 Å². The van der Waals surface area contributed by atoms with E-state index in [1.54, 1.807) is 6.07 Å². The minimum Gasteiger partial charge on any atom is -0.504 e. The molecule has 0 aromatic heterocycles. The van der Waals surface area contributed by atoms with Gasteiger partial charge in [-0.05, 0) is 42.9 Å². The number of ether oxygens (including phenoxy) is 1. The van der Waals surface area contributed by atoms with Gasteiger partial charge in [-0.2, -0.15) is 0 Å². The van der Waals surface area contributed by atoms with Crippen LogP contribution in [0.5, 0.6) is 11.5 Å². The summed E-state index contributed by atoms with van der Waals surface area (Å²) in [7, 11) is 0. The van der Waals surface area contributed by atoms with Crippen molar-refractivity contribution in [2.75, 3.05) is 6.61 Å². The molecule has 4 nitrogen and oxygen atoms in total.